The Morgan fingerprint density at radius 3 is 0.756 bits per heavy atom. The lowest BCUT2D eigenvalue weighted by atomic mass is 10.0. The van der Waals surface area contributed by atoms with E-state index in [0.717, 1.165) is 135 Å². The van der Waals surface area contributed by atoms with E-state index in [2.05, 4.69) is 154 Å². The Labute approximate surface area is 506 Å². The molecule has 0 aliphatic rings. The molecule has 82 heavy (non-hydrogen) atoms. The topological polar surface area (TPSA) is 78.9 Å². The standard InChI is InChI=1S/C76H126O6/c1-4-7-10-13-16-19-22-24-26-28-30-31-32-33-34-35-36-37-38-39-40-41-42-43-44-45-47-48-50-52-54-57-60-63-66-69-75(78)81-72-73(71-80-74(77)68-65-62-59-56-21-18-15-12-9-6-3)82-76(79)70-67-64-61-58-55-53-51-49-46-29-27-25-23-20-17-14-11-8-5-2/h7-8,10-11,16-17,19-20,24-27,30-31,33-34,36-37,46,49,53,55,73H,4-6,9,12-15,18,21-23,28-29,32,35,38-45,47-48,50-52,54,56-72H2,1-3H3/b10-7-,11-8-,19-16-,20-17-,26-24-,27-25-,31-30-,34-33-,37-36-,49-46-,55-53-. The van der Waals surface area contributed by atoms with E-state index >= 15 is 0 Å². The van der Waals surface area contributed by atoms with E-state index in [4.69, 9.17) is 14.2 Å². The van der Waals surface area contributed by atoms with Crippen LogP contribution >= 0.6 is 0 Å². The summed E-state index contributed by atoms with van der Waals surface area (Å²) in [6.07, 6.45) is 97.7. The maximum atomic E-state index is 12.9. The van der Waals surface area contributed by atoms with Crippen molar-refractivity contribution >= 4 is 17.9 Å². The van der Waals surface area contributed by atoms with Crippen LogP contribution in [0.4, 0.5) is 0 Å². The average molecular weight is 1140 g/mol. The summed E-state index contributed by atoms with van der Waals surface area (Å²) in [5.74, 6) is -0.917. The fourth-order valence-electron chi connectivity index (χ4n) is 9.36. The van der Waals surface area contributed by atoms with Crippen molar-refractivity contribution in [2.75, 3.05) is 13.2 Å². The second-order valence-electron chi connectivity index (χ2n) is 22.3. The van der Waals surface area contributed by atoms with E-state index < -0.39 is 6.10 Å². The number of esters is 3. The summed E-state index contributed by atoms with van der Waals surface area (Å²) in [6.45, 7) is 6.39. The van der Waals surface area contributed by atoms with Gasteiger partial charge in [-0.1, -0.05) is 309 Å². The Balaban J connectivity index is 4.17. The van der Waals surface area contributed by atoms with E-state index in [-0.39, 0.29) is 37.5 Å². The zero-order chi connectivity index (χ0) is 59.2. The summed E-state index contributed by atoms with van der Waals surface area (Å²) in [7, 11) is 0. The molecular formula is C76H126O6. The Morgan fingerprint density at radius 1 is 0.256 bits per heavy atom. The Kier molecular flexibility index (Phi) is 65.3. The maximum Gasteiger partial charge on any atom is 0.306 e. The molecule has 1 atom stereocenters. The molecule has 0 radical (unpaired) electrons. The first kappa shape index (κ1) is 77.5. The molecular weight excluding hydrogens is 1010 g/mol. The van der Waals surface area contributed by atoms with Gasteiger partial charge in [0.25, 0.3) is 0 Å². The van der Waals surface area contributed by atoms with Gasteiger partial charge in [0, 0.05) is 19.3 Å². The maximum absolute atomic E-state index is 12.9. The van der Waals surface area contributed by atoms with Crippen molar-refractivity contribution in [3.8, 4) is 0 Å². The summed E-state index contributed by atoms with van der Waals surface area (Å²) >= 11 is 0. The molecule has 0 bridgehead atoms. The third kappa shape index (κ3) is 66.4. The molecule has 0 aromatic rings. The highest BCUT2D eigenvalue weighted by Crippen LogP contribution is 2.16. The van der Waals surface area contributed by atoms with Crippen LogP contribution in [0, 0.1) is 0 Å². The minimum atomic E-state index is -0.796. The van der Waals surface area contributed by atoms with Gasteiger partial charge >= 0.3 is 17.9 Å². The van der Waals surface area contributed by atoms with Crippen molar-refractivity contribution in [3.05, 3.63) is 134 Å². The van der Waals surface area contributed by atoms with E-state index in [9.17, 15) is 14.4 Å². The van der Waals surface area contributed by atoms with Crippen LogP contribution in [0.1, 0.15) is 310 Å². The highest BCUT2D eigenvalue weighted by atomic mass is 16.6. The molecule has 0 N–H and O–H groups in total. The van der Waals surface area contributed by atoms with Crippen LogP contribution in [-0.2, 0) is 28.6 Å². The normalized spacial score (nSPS) is 13.0. The molecule has 0 heterocycles. The largest absolute Gasteiger partial charge is 0.462 e. The molecule has 0 amide bonds. The van der Waals surface area contributed by atoms with Crippen molar-refractivity contribution in [2.24, 2.45) is 0 Å². The Bertz CT molecular complexity index is 1730. The molecule has 0 aromatic carbocycles. The number of carbonyl (C=O) groups excluding carboxylic acids is 3. The zero-order valence-corrected chi connectivity index (χ0v) is 53.5. The molecule has 0 rings (SSSR count). The molecule has 0 fully saturated rings. The Hall–Kier alpha value is -4.45. The molecule has 0 spiro atoms. The third-order valence-corrected chi connectivity index (χ3v) is 14.4. The molecule has 1 unspecified atom stereocenters. The lowest BCUT2D eigenvalue weighted by molar-refractivity contribution is -0.167. The summed E-state index contributed by atoms with van der Waals surface area (Å²) in [4.78, 5) is 38.3. The fourth-order valence-corrected chi connectivity index (χ4v) is 9.36. The zero-order valence-electron chi connectivity index (χ0n) is 53.5. The second-order valence-corrected chi connectivity index (χ2v) is 22.3. The van der Waals surface area contributed by atoms with Crippen molar-refractivity contribution in [2.45, 2.75) is 316 Å². The lowest BCUT2D eigenvalue weighted by Gasteiger charge is -2.18. The highest BCUT2D eigenvalue weighted by molar-refractivity contribution is 5.71. The van der Waals surface area contributed by atoms with Crippen molar-refractivity contribution in [1.29, 1.82) is 0 Å². The number of unbranched alkanes of at least 4 members (excludes halogenated alkanes) is 28. The van der Waals surface area contributed by atoms with Gasteiger partial charge in [-0.15, -0.1) is 0 Å². The first-order chi connectivity index (χ1) is 40.5. The molecule has 6 nitrogen and oxygen atoms in total. The number of allylic oxidation sites excluding steroid dienone is 22. The molecule has 0 saturated heterocycles. The van der Waals surface area contributed by atoms with Gasteiger partial charge in [-0.3, -0.25) is 14.4 Å². The minimum Gasteiger partial charge on any atom is -0.462 e. The van der Waals surface area contributed by atoms with Crippen LogP contribution in [0.25, 0.3) is 0 Å². The summed E-state index contributed by atoms with van der Waals surface area (Å²) in [5.41, 5.74) is 0. The average Bonchev–Trinajstić information content (AvgIpc) is 3.48. The van der Waals surface area contributed by atoms with Crippen LogP contribution in [0.15, 0.2) is 134 Å². The van der Waals surface area contributed by atoms with E-state index in [1.165, 1.54) is 135 Å². The van der Waals surface area contributed by atoms with E-state index in [0.29, 0.717) is 12.8 Å². The van der Waals surface area contributed by atoms with Crippen molar-refractivity contribution < 1.29 is 28.6 Å². The molecule has 0 aromatic heterocycles. The van der Waals surface area contributed by atoms with Crippen LogP contribution in [-0.4, -0.2) is 37.2 Å². The smallest absolute Gasteiger partial charge is 0.306 e. The lowest BCUT2D eigenvalue weighted by Crippen LogP contribution is -2.30. The van der Waals surface area contributed by atoms with Gasteiger partial charge in [0.2, 0.25) is 0 Å². The predicted octanol–water partition coefficient (Wildman–Crippen LogP) is 23.7. The van der Waals surface area contributed by atoms with E-state index in [1.807, 2.05) is 0 Å². The third-order valence-electron chi connectivity index (χ3n) is 14.4. The number of carbonyl (C=O) groups is 3. The summed E-state index contributed by atoms with van der Waals surface area (Å²) in [5, 5.41) is 0. The van der Waals surface area contributed by atoms with Crippen molar-refractivity contribution in [3.63, 3.8) is 0 Å². The van der Waals surface area contributed by atoms with Gasteiger partial charge in [0.15, 0.2) is 6.10 Å². The number of ether oxygens (including phenoxy) is 3. The SMILES string of the molecule is CC/C=C\C/C=C\C/C=C\C/C=C\C/C=C\C/C=C\CCCCCCCCCCCCCCCCCCC(=O)OCC(COC(=O)CCCCCCCCCCCC)OC(=O)CCCCC/C=C\C/C=C\C/C=C\C/C=C\C/C=C\CC. The van der Waals surface area contributed by atoms with Crippen LogP contribution in [0.3, 0.4) is 0 Å². The van der Waals surface area contributed by atoms with Crippen LogP contribution < -0.4 is 0 Å². The summed E-state index contributed by atoms with van der Waals surface area (Å²) in [6, 6.07) is 0. The monoisotopic (exact) mass is 1130 g/mol. The highest BCUT2D eigenvalue weighted by Gasteiger charge is 2.19. The quantitative estimate of drug-likeness (QED) is 0.0261. The minimum absolute atomic E-state index is 0.0903. The van der Waals surface area contributed by atoms with Gasteiger partial charge in [-0.2, -0.15) is 0 Å². The second kappa shape index (κ2) is 69.0. The molecule has 6 heteroatoms. The molecule has 0 saturated carbocycles. The van der Waals surface area contributed by atoms with Gasteiger partial charge < -0.3 is 14.2 Å². The van der Waals surface area contributed by atoms with Crippen LogP contribution in [0.2, 0.25) is 0 Å². The van der Waals surface area contributed by atoms with Gasteiger partial charge in [0.05, 0.1) is 0 Å². The van der Waals surface area contributed by atoms with Gasteiger partial charge in [0.1, 0.15) is 13.2 Å². The van der Waals surface area contributed by atoms with Gasteiger partial charge in [-0.25, -0.2) is 0 Å². The number of hydrogen-bond acceptors (Lipinski definition) is 6. The first-order valence-corrected chi connectivity index (χ1v) is 34.2. The van der Waals surface area contributed by atoms with Crippen LogP contribution in [0.5, 0.6) is 0 Å². The predicted molar refractivity (Wildman–Crippen MR) is 357 cm³/mol. The van der Waals surface area contributed by atoms with Gasteiger partial charge in [-0.05, 0) is 116 Å². The van der Waals surface area contributed by atoms with E-state index in [1.54, 1.807) is 0 Å². The summed E-state index contributed by atoms with van der Waals surface area (Å²) < 4.78 is 16.9. The molecule has 466 valence electrons. The number of hydrogen-bond donors (Lipinski definition) is 0. The van der Waals surface area contributed by atoms with Crippen molar-refractivity contribution in [1.82, 2.24) is 0 Å². The Morgan fingerprint density at radius 2 is 0.476 bits per heavy atom. The molecule has 0 aliphatic heterocycles. The molecule has 0 aliphatic carbocycles. The first-order valence-electron chi connectivity index (χ1n) is 34.2. The number of rotatable bonds is 61. The fraction of sp³-hybridized carbons (Fsp3) is 0.671.